The largest absolute Gasteiger partial charge is 0.484 e. The lowest BCUT2D eigenvalue weighted by Crippen LogP contribution is -2.46. The number of likely N-dealkylation sites (N-methyl/N-ethyl adjacent to an activating group) is 1. The highest BCUT2D eigenvalue weighted by Gasteiger charge is 2.21. The van der Waals surface area contributed by atoms with Gasteiger partial charge in [-0.2, -0.15) is 5.10 Å². The molecule has 0 bridgehead atoms. The van der Waals surface area contributed by atoms with E-state index < -0.39 is 5.91 Å². The summed E-state index contributed by atoms with van der Waals surface area (Å²) in [5.74, 6) is -0.116. The molecule has 0 aliphatic carbocycles. The van der Waals surface area contributed by atoms with E-state index in [-0.39, 0.29) is 13.5 Å². The molecule has 6 rings (SSSR count). The molecule has 2 aromatic carbocycles. The third-order valence-corrected chi connectivity index (χ3v) is 9.56. The molecule has 5 aromatic rings. The van der Waals surface area contributed by atoms with Crippen LogP contribution in [0.2, 0.25) is 5.02 Å². The zero-order valence-electron chi connectivity index (χ0n) is 24.4. The highest BCUT2D eigenvalue weighted by atomic mass is 35.5. The maximum absolute atomic E-state index is 12.3. The number of rotatable bonds is 11. The van der Waals surface area contributed by atoms with E-state index in [0.717, 1.165) is 85.0 Å². The number of halogens is 1. The molecule has 1 saturated heterocycles. The highest BCUT2D eigenvalue weighted by molar-refractivity contribution is 7.16. The van der Waals surface area contributed by atoms with Crippen molar-refractivity contribution in [3.63, 3.8) is 0 Å². The molecule has 44 heavy (non-hydrogen) atoms. The first-order valence-electron chi connectivity index (χ1n) is 14.7. The maximum Gasteiger partial charge on any atom is 0.262 e. The second-order valence-corrected chi connectivity index (χ2v) is 12.3. The number of nitrogens with two attached hydrogens (primary N) is 1. The maximum atomic E-state index is 12.3. The van der Waals surface area contributed by atoms with E-state index in [1.807, 2.05) is 58.8 Å². The van der Waals surface area contributed by atoms with Crippen LogP contribution in [0.5, 0.6) is 5.75 Å². The fourth-order valence-corrected chi connectivity index (χ4v) is 6.80. The van der Waals surface area contributed by atoms with Gasteiger partial charge < -0.3 is 20.3 Å². The number of thiophene rings is 1. The summed E-state index contributed by atoms with van der Waals surface area (Å²) < 4.78 is 10.2. The van der Waals surface area contributed by atoms with Crippen LogP contribution in [0.25, 0.3) is 27.2 Å². The second kappa shape index (κ2) is 13.9. The molecule has 0 radical (unpaired) electrons. The predicted octanol–water partition coefficient (Wildman–Crippen LogP) is 6.51. The highest BCUT2D eigenvalue weighted by Crippen LogP contribution is 2.37. The molecule has 4 heterocycles. The average Bonchev–Trinajstić information content (AvgIpc) is 3.76. The Morgan fingerprint density at radius 2 is 1.84 bits per heavy atom. The van der Waals surface area contributed by atoms with E-state index >= 15 is 0 Å². The molecule has 9 nitrogen and oxygen atoms in total. The van der Waals surface area contributed by atoms with Gasteiger partial charge in [0.1, 0.15) is 28.1 Å². The monoisotopic (exact) mass is 633 g/mol. The van der Waals surface area contributed by atoms with Crippen molar-refractivity contribution in [1.82, 2.24) is 29.1 Å². The number of hydrogen-bond donors (Lipinski definition) is 1. The summed E-state index contributed by atoms with van der Waals surface area (Å²) in [6.07, 6.45) is 6.49. The van der Waals surface area contributed by atoms with Crippen LogP contribution in [0.3, 0.4) is 0 Å². The van der Waals surface area contributed by atoms with Crippen molar-refractivity contribution >= 4 is 39.9 Å². The third-order valence-electron chi connectivity index (χ3n) is 8.08. The topological polar surface area (TPSA) is 94.4 Å². The normalized spacial score (nSPS) is 14.9. The molecule has 3 aromatic heterocycles. The lowest BCUT2D eigenvalue weighted by Gasteiger charge is -2.33. The smallest absolute Gasteiger partial charge is 0.262 e. The fourth-order valence-electron chi connectivity index (χ4n) is 5.59. The van der Waals surface area contributed by atoms with Gasteiger partial charge in [-0.15, -0.1) is 11.3 Å². The first-order chi connectivity index (χ1) is 20.9. The quantitative estimate of drug-likeness (QED) is 0.178. The third kappa shape index (κ3) is 6.83. The fraction of sp³-hybridized carbons (Fsp3) is 0.364. The Labute approximate surface area is 267 Å². The van der Waals surface area contributed by atoms with Gasteiger partial charge in [0.25, 0.3) is 5.91 Å². The first-order valence-corrected chi connectivity index (χ1v) is 15.9. The number of hydrogen-bond acceptors (Lipinski definition) is 7. The van der Waals surface area contributed by atoms with Gasteiger partial charge in [0.2, 0.25) is 0 Å². The van der Waals surface area contributed by atoms with E-state index in [4.69, 9.17) is 22.1 Å². The lowest BCUT2D eigenvalue weighted by atomic mass is 10.1. The van der Waals surface area contributed by atoms with Crippen molar-refractivity contribution in [2.24, 2.45) is 5.73 Å². The van der Waals surface area contributed by atoms with Crippen LogP contribution in [0.1, 0.15) is 49.0 Å². The molecule has 11 heteroatoms. The Hall–Kier alpha value is -3.70. The number of benzene rings is 2. The van der Waals surface area contributed by atoms with Crippen LogP contribution in [-0.2, 0) is 6.54 Å². The second-order valence-electron chi connectivity index (χ2n) is 10.9. The van der Waals surface area contributed by atoms with Crippen molar-refractivity contribution in [2.45, 2.75) is 40.3 Å². The summed E-state index contributed by atoms with van der Waals surface area (Å²) in [6.45, 7) is 11.9. The molecule has 0 unspecified atom stereocenters. The van der Waals surface area contributed by atoms with Gasteiger partial charge in [-0.1, -0.05) is 50.2 Å². The number of ether oxygens (including phenoxy) is 1. The van der Waals surface area contributed by atoms with Gasteiger partial charge in [-0.05, 0) is 50.2 Å². The van der Waals surface area contributed by atoms with Crippen LogP contribution in [0.15, 0.2) is 67.3 Å². The molecular weight excluding hydrogens is 594 g/mol. The van der Waals surface area contributed by atoms with E-state index in [1.54, 1.807) is 6.33 Å². The minimum absolute atomic E-state index is 0. The number of aryl methyl sites for hydroxylation is 1. The standard InChI is InChI=1S/C32H36ClN7O2S.CH4/c1-3-37-13-15-38(16-14-37)11-6-12-39-20-24(19-36-39)23-9-10-28-27(17-23)35-21-40(28)30-18-29(31(43-30)32(34)41)42-22(2)25-7-4-5-8-26(25)33;/h4-5,7-10,17-22H,3,6,11-16H2,1-2H3,(H2,34,41);1H4/t22-;/m1./s1. The number of carbonyl (C=O) groups excluding carboxylic acids is 1. The Balaban J connectivity index is 0.00000384. The molecule has 0 saturated carbocycles. The van der Waals surface area contributed by atoms with E-state index in [9.17, 15) is 4.79 Å². The molecule has 1 amide bonds. The Kier molecular flexibility index (Phi) is 10.1. The van der Waals surface area contributed by atoms with Gasteiger partial charge in [0.15, 0.2) is 0 Å². The summed E-state index contributed by atoms with van der Waals surface area (Å²) in [4.78, 5) is 22.4. The molecule has 232 valence electrons. The molecule has 1 aliphatic heterocycles. The summed E-state index contributed by atoms with van der Waals surface area (Å²) in [5.41, 5.74) is 10.4. The Bertz CT molecular complexity index is 1720. The summed E-state index contributed by atoms with van der Waals surface area (Å²) in [6, 6.07) is 15.5. The number of aromatic nitrogens is 4. The van der Waals surface area contributed by atoms with Crippen LogP contribution < -0.4 is 10.5 Å². The van der Waals surface area contributed by atoms with E-state index in [1.165, 1.54) is 11.3 Å². The van der Waals surface area contributed by atoms with Crippen LogP contribution in [-0.4, -0.2) is 74.3 Å². The number of nitrogens with zero attached hydrogens (tertiary/aromatic N) is 6. The summed E-state index contributed by atoms with van der Waals surface area (Å²) in [7, 11) is 0. The number of primary amides is 1. The molecule has 2 N–H and O–H groups in total. The number of piperazine rings is 1. The van der Waals surface area contributed by atoms with Crippen LogP contribution in [0, 0.1) is 0 Å². The van der Waals surface area contributed by atoms with E-state index in [2.05, 4.69) is 45.1 Å². The van der Waals surface area contributed by atoms with Gasteiger partial charge in [0.05, 0.1) is 17.2 Å². The van der Waals surface area contributed by atoms with Crippen molar-refractivity contribution in [3.8, 4) is 21.9 Å². The summed E-state index contributed by atoms with van der Waals surface area (Å²) >= 11 is 7.64. The molecule has 1 fully saturated rings. The van der Waals surface area contributed by atoms with Gasteiger partial charge >= 0.3 is 0 Å². The van der Waals surface area contributed by atoms with Gasteiger partial charge in [-0.3, -0.25) is 14.0 Å². The Morgan fingerprint density at radius 3 is 2.59 bits per heavy atom. The molecule has 1 atom stereocenters. The summed E-state index contributed by atoms with van der Waals surface area (Å²) in [5, 5.41) is 6.01. The first kappa shape index (κ1) is 31.7. The van der Waals surface area contributed by atoms with Crippen molar-refractivity contribution in [1.29, 1.82) is 0 Å². The zero-order chi connectivity index (χ0) is 29.9. The van der Waals surface area contributed by atoms with Crippen LogP contribution >= 0.6 is 22.9 Å². The number of amides is 1. The SMILES string of the molecule is C.CCN1CCN(CCCn2cc(-c3ccc4c(c3)ncn4-c3cc(O[C@H](C)c4ccccc4Cl)c(C(N)=O)s3)cn2)CC1. The van der Waals surface area contributed by atoms with E-state index in [0.29, 0.717) is 15.6 Å². The average molecular weight is 634 g/mol. The number of fused-ring (bicyclic) bond motifs is 1. The zero-order valence-corrected chi connectivity index (χ0v) is 26.0. The number of carbonyl (C=O) groups is 1. The minimum Gasteiger partial charge on any atom is -0.484 e. The van der Waals surface area contributed by atoms with Gasteiger partial charge in [-0.25, -0.2) is 4.98 Å². The molecular formula is C33H40ClN7O2S. The Morgan fingerprint density at radius 1 is 1.07 bits per heavy atom. The molecule has 1 aliphatic rings. The van der Waals surface area contributed by atoms with Gasteiger partial charge in [0, 0.05) is 61.1 Å². The predicted molar refractivity (Wildman–Crippen MR) is 179 cm³/mol. The minimum atomic E-state index is -0.541. The van der Waals surface area contributed by atoms with Crippen LogP contribution in [0.4, 0.5) is 0 Å². The van der Waals surface area contributed by atoms with Crippen molar-refractivity contribution < 1.29 is 9.53 Å². The number of imidazole rings is 1. The lowest BCUT2D eigenvalue weighted by molar-refractivity contribution is 0.0998. The van der Waals surface area contributed by atoms with Crippen molar-refractivity contribution in [3.05, 3.63) is 82.7 Å². The van der Waals surface area contributed by atoms with Crippen molar-refractivity contribution in [2.75, 3.05) is 39.3 Å². The molecule has 0 spiro atoms.